The monoisotopic (exact) mass is 507 g/mol. The van der Waals surface area contributed by atoms with Crippen molar-refractivity contribution in [3.8, 4) is 0 Å². The predicted octanol–water partition coefficient (Wildman–Crippen LogP) is 6.50. The summed E-state index contributed by atoms with van der Waals surface area (Å²) in [6, 6.07) is 15.5. The largest absolute Gasteiger partial charge is 0.416 e. The molecule has 0 spiro atoms. The van der Waals surface area contributed by atoms with Gasteiger partial charge in [-0.1, -0.05) is 38.1 Å². The second-order valence-corrected chi connectivity index (χ2v) is 9.26. The average molecular weight is 508 g/mol. The molecule has 4 nitrogen and oxygen atoms in total. The fourth-order valence-electron chi connectivity index (χ4n) is 3.17. The highest BCUT2D eigenvalue weighted by Crippen LogP contribution is 2.31. The van der Waals surface area contributed by atoms with Gasteiger partial charge in [-0.2, -0.15) is 13.2 Å². The molecule has 0 saturated heterocycles. The SMILES string of the molecule is CC.CS(=O)(=O)c1ccc(/C(CNc2ccc(C(F)(F)F)cc2)=C(/C=O)c2ccc(F)cc2)cc1. The minimum absolute atomic E-state index is 0.0367. The Morgan fingerprint density at radius 2 is 1.37 bits per heavy atom. The van der Waals surface area contributed by atoms with E-state index < -0.39 is 27.4 Å². The number of halogens is 4. The predicted molar refractivity (Wildman–Crippen MR) is 130 cm³/mol. The van der Waals surface area contributed by atoms with Crippen LogP contribution in [0, 0.1) is 5.82 Å². The van der Waals surface area contributed by atoms with Gasteiger partial charge in [0.25, 0.3) is 0 Å². The molecule has 0 saturated carbocycles. The van der Waals surface area contributed by atoms with Gasteiger partial charge in [0, 0.05) is 24.1 Å². The van der Waals surface area contributed by atoms with Crippen LogP contribution in [0.25, 0.3) is 11.1 Å². The Morgan fingerprint density at radius 3 is 1.83 bits per heavy atom. The number of carbonyl (C=O) groups is 1. The van der Waals surface area contributed by atoms with Gasteiger partial charge in [0.1, 0.15) is 5.82 Å². The van der Waals surface area contributed by atoms with Crippen molar-refractivity contribution in [1.29, 1.82) is 0 Å². The maximum atomic E-state index is 13.4. The highest BCUT2D eigenvalue weighted by Gasteiger charge is 2.29. The van der Waals surface area contributed by atoms with Crippen molar-refractivity contribution >= 4 is 33.0 Å². The zero-order valence-electron chi connectivity index (χ0n) is 19.4. The third-order valence-electron chi connectivity index (χ3n) is 4.91. The topological polar surface area (TPSA) is 63.2 Å². The van der Waals surface area contributed by atoms with Crippen molar-refractivity contribution in [2.24, 2.45) is 0 Å². The first-order valence-electron chi connectivity index (χ1n) is 10.6. The Hall–Kier alpha value is -3.46. The summed E-state index contributed by atoms with van der Waals surface area (Å²) in [5.41, 5.74) is 1.23. The molecular weight excluding hydrogens is 482 g/mol. The standard InChI is InChI=1S/C24H19F4NO3S.C2H6/c1-33(31,32)21-12-4-16(5-13-21)22(23(15-30)17-2-8-19(25)9-3-17)14-29-20-10-6-18(7-11-20)24(26,27)28;1-2/h2-13,15,29H,14H2,1H3;1-2H3/b23-22-;. The molecule has 3 aromatic rings. The quantitative estimate of drug-likeness (QED) is 0.172. The molecule has 3 aromatic carbocycles. The number of rotatable bonds is 7. The van der Waals surface area contributed by atoms with Gasteiger partial charge in [0.05, 0.1) is 10.5 Å². The van der Waals surface area contributed by atoms with Gasteiger partial charge in [0.2, 0.25) is 0 Å². The van der Waals surface area contributed by atoms with Gasteiger partial charge >= 0.3 is 6.18 Å². The van der Waals surface area contributed by atoms with E-state index >= 15 is 0 Å². The zero-order chi connectivity index (χ0) is 26.2. The summed E-state index contributed by atoms with van der Waals surface area (Å²) in [4.78, 5) is 12.1. The molecular formula is C26H25F4NO3S. The van der Waals surface area contributed by atoms with Gasteiger partial charge in [0.15, 0.2) is 16.1 Å². The maximum absolute atomic E-state index is 13.4. The van der Waals surface area contributed by atoms with Gasteiger partial charge in [-0.05, 0) is 65.2 Å². The number of hydrogen-bond acceptors (Lipinski definition) is 4. The smallest absolute Gasteiger partial charge is 0.381 e. The van der Waals surface area contributed by atoms with Crippen molar-refractivity contribution in [3.05, 3.63) is 95.3 Å². The molecule has 0 aliphatic carbocycles. The molecule has 0 aliphatic rings. The summed E-state index contributed by atoms with van der Waals surface area (Å²) in [6.07, 6.45) is -2.79. The number of benzene rings is 3. The lowest BCUT2D eigenvalue weighted by Crippen LogP contribution is -2.09. The van der Waals surface area contributed by atoms with Crippen LogP contribution in [0.2, 0.25) is 0 Å². The van der Waals surface area contributed by atoms with Gasteiger partial charge in [-0.3, -0.25) is 4.79 Å². The van der Waals surface area contributed by atoms with E-state index in [1.165, 1.54) is 60.7 Å². The summed E-state index contributed by atoms with van der Waals surface area (Å²) in [5, 5.41) is 2.99. The summed E-state index contributed by atoms with van der Waals surface area (Å²) in [5.74, 6) is -0.481. The lowest BCUT2D eigenvalue weighted by Gasteiger charge is -2.16. The fourth-order valence-corrected chi connectivity index (χ4v) is 3.80. The van der Waals surface area contributed by atoms with Crippen LogP contribution in [0.3, 0.4) is 0 Å². The highest BCUT2D eigenvalue weighted by atomic mass is 32.2. The Bertz CT molecular complexity index is 1260. The van der Waals surface area contributed by atoms with Crippen molar-refractivity contribution in [3.63, 3.8) is 0 Å². The molecule has 1 N–H and O–H groups in total. The first-order chi connectivity index (χ1) is 16.5. The molecule has 0 aliphatic heterocycles. The molecule has 9 heteroatoms. The van der Waals surface area contributed by atoms with E-state index in [0.29, 0.717) is 28.7 Å². The molecule has 0 aromatic heterocycles. The number of aldehydes is 1. The van der Waals surface area contributed by atoms with Crippen LogP contribution in [0.4, 0.5) is 23.2 Å². The van der Waals surface area contributed by atoms with E-state index in [1.807, 2.05) is 13.8 Å². The number of sulfone groups is 1. The summed E-state index contributed by atoms with van der Waals surface area (Å²) in [6.45, 7) is 4.04. The molecule has 0 amide bonds. The molecule has 0 bridgehead atoms. The van der Waals surface area contributed by atoms with Crippen molar-refractivity contribution in [2.45, 2.75) is 24.9 Å². The van der Waals surface area contributed by atoms with Gasteiger partial charge < -0.3 is 5.32 Å². The van der Waals surface area contributed by atoms with E-state index in [2.05, 4.69) is 5.32 Å². The first-order valence-corrected chi connectivity index (χ1v) is 12.5. The van der Waals surface area contributed by atoms with Crippen LogP contribution in [0.5, 0.6) is 0 Å². The lowest BCUT2D eigenvalue weighted by atomic mass is 9.95. The molecule has 0 heterocycles. The van der Waals surface area contributed by atoms with Crippen LogP contribution in [-0.4, -0.2) is 27.5 Å². The van der Waals surface area contributed by atoms with Crippen molar-refractivity contribution in [2.75, 3.05) is 18.1 Å². The fraction of sp³-hybridized carbons (Fsp3) is 0.192. The van der Waals surface area contributed by atoms with Crippen LogP contribution >= 0.6 is 0 Å². The first kappa shape index (κ1) is 27.8. The van der Waals surface area contributed by atoms with E-state index in [0.717, 1.165) is 18.4 Å². The Morgan fingerprint density at radius 1 is 0.857 bits per heavy atom. The highest BCUT2D eigenvalue weighted by molar-refractivity contribution is 7.90. The van der Waals surface area contributed by atoms with Gasteiger partial charge in [-0.25, -0.2) is 12.8 Å². The van der Waals surface area contributed by atoms with Gasteiger partial charge in [-0.15, -0.1) is 0 Å². The number of anilines is 1. The molecule has 0 unspecified atom stereocenters. The van der Waals surface area contributed by atoms with E-state index in [-0.39, 0.29) is 17.0 Å². The number of allylic oxidation sites excluding steroid dienone is 1. The Labute approximate surface area is 202 Å². The van der Waals surface area contributed by atoms with E-state index in [9.17, 15) is 30.8 Å². The Balaban J connectivity index is 0.00000210. The molecule has 0 atom stereocenters. The average Bonchev–Trinajstić information content (AvgIpc) is 2.83. The van der Waals surface area contributed by atoms with Crippen molar-refractivity contribution < 1.29 is 30.8 Å². The number of carbonyl (C=O) groups excluding carboxylic acids is 1. The number of alkyl halides is 3. The maximum Gasteiger partial charge on any atom is 0.416 e. The van der Waals surface area contributed by atoms with E-state index in [1.54, 1.807) is 0 Å². The summed E-state index contributed by atoms with van der Waals surface area (Å²) >= 11 is 0. The normalized spacial score (nSPS) is 12.2. The minimum atomic E-state index is -4.46. The van der Waals surface area contributed by atoms with E-state index in [4.69, 9.17) is 0 Å². The number of hydrogen-bond donors (Lipinski definition) is 1. The molecule has 3 rings (SSSR count). The Kier molecular flexibility index (Phi) is 9.36. The summed E-state index contributed by atoms with van der Waals surface area (Å²) in [7, 11) is -3.43. The van der Waals surface area contributed by atoms with Crippen LogP contribution in [0.15, 0.2) is 77.7 Å². The van der Waals surface area contributed by atoms with Crippen LogP contribution < -0.4 is 5.32 Å². The third-order valence-corrected chi connectivity index (χ3v) is 6.04. The zero-order valence-corrected chi connectivity index (χ0v) is 20.2. The second-order valence-electron chi connectivity index (χ2n) is 7.24. The third kappa shape index (κ3) is 7.51. The van der Waals surface area contributed by atoms with Crippen LogP contribution in [-0.2, 0) is 20.8 Å². The van der Waals surface area contributed by atoms with Crippen molar-refractivity contribution in [1.82, 2.24) is 0 Å². The molecule has 186 valence electrons. The molecule has 0 fully saturated rings. The molecule has 35 heavy (non-hydrogen) atoms. The molecule has 0 radical (unpaired) electrons. The second kappa shape index (κ2) is 11.8. The minimum Gasteiger partial charge on any atom is -0.381 e. The van der Waals surface area contributed by atoms with Crippen LogP contribution in [0.1, 0.15) is 30.5 Å². The summed E-state index contributed by atoms with van der Waals surface area (Å²) < 4.78 is 75.3. The number of nitrogens with one attached hydrogen (secondary N) is 1. The lowest BCUT2D eigenvalue weighted by molar-refractivity contribution is -0.137.